The number of aliphatic hydroxyl groups excluding tert-OH is 4. The molecule has 0 aliphatic heterocycles. The molecular formula is C7H16O5. The van der Waals surface area contributed by atoms with Crippen LogP contribution in [0.2, 0.25) is 0 Å². The van der Waals surface area contributed by atoms with Crippen LogP contribution in [0.4, 0.5) is 0 Å². The predicted molar refractivity (Wildman–Crippen MR) is 41.6 cm³/mol. The lowest BCUT2D eigenvalue weighted by Crippen LogP contribution is -2.46. The van der Waals surface area contributed by atoms with E-state index in [0.717, 1.165) is 0 Å². The van der Waals surface area contributed by atoms with Crippen LogP contribution in [-0.4, -0.2) is 58.6 Å². The predicted octanol–water partition coefficient (Wildman–Crippen LogP) is -1.90. The smallest absolute Gasteiger partial charge is 0.114 e. The fourth-order valence-corrected chi connectivity index (χ4v) is 0.903. The van der Waals surface area contributed by atoms with Crippen LogP contribution in [-0.2, 0) is 4.74 Å². The second kappa shape index (κ2) is 5.45. The zero-order valence-corrected chi connectivity index (χ0v) is 7.21. The van der Waals surface area contributed by atoms with Gasteiger partial charge in [-0.25, -0.2) is 0 Å². The number of hydrogen-bond acceptors (Lipinski definition) is 5. The van der Waals surface area contributed by atoms with Gasteiger partial charge in [-0.3, -0.25) is 0 Å². The molecule has 0 aromatic rings. The Hall–Kier alpha value is -0.200. The largest absolute Gasteiger partial charge is 0.394 e. The molecule has 0 amide bonds. The first-order chi connectivity index (χ1) is 5.54. The van der Waals surface area contributed by atoms with E-state index >= 15 is 0 Å². The molecule has 0 aromatic heterocycles. The van der Waals surface area contributed by atoms with E-state index in [1.807, 2.05) is 0 Å². The van der Waals surface area contributed by atoms with Gasteiger partial charge in [-0.15, -0.1) is 0 Å². The van der Waals surface area contributed by atoms with Crippen molar-refractivity contribution in [3.63, 3.8) is 0 Å². The first kappa shape index (κ1) is 11.8. The van der Waals surface area contributed by atoms with Gasteiger partial charge in [-0.05, 0) is 6.92 Å². The van der Waals surface area contributed by atoms with E-state index in [0.29, 0.717) is 0 Å². The summed E-state index contributed by atoms with van der Waals surface area (Å²) in [6.07, 6.45) is -4.34. The number of rotatable bonds is 5. The molecule has 0 bridgehead atoms. The number of ether oxygens (including phenoxy) is 1. The highest BCUT2D eigenvalue weighted by atomic mass is 16.5. The summed E-state index contributed by atoms with van der Waals surface area (Å²) in [7, 11) is 1.29. The van der Waals surface area contributed by atoms with Crippen LogP contribution in [0.25, 0.3) is 0 Å². The summed E-state index contributed by atoms with van der Waals surface area (Å²) in [6, 6.07) is 0. The third-order valence-electron chi connectivity index (χ3n) is 1.67. The molecule has 0 radical (unpaired) electrons. The van der Waals surface area contributed by atoms with E-state index in [1.54, 1.807) is 0 Å². The van der Waals surface area contributed by atoms with Gasteiger partial charge in [-0.2, -0.15) is 0 Å². The number of methoxy groups -OCH3 is 1. The van der Waals surface area contributed by atoms with Crippen molar-refractivity contribution in [2.24, 2.45) is 0 Å². The molecular weight excluding hydrogens is 164 g/mol. The van der Waals surface area contributed by atoms with Gasteiger partial charge in [0.1, 0.15) is 18.3 Å². The van der Waals surface area contributed by atoms with Gasteiger partial charge < -0.3 is 25.2 Å². The second-order valence-corrected chi connectivity index (χ2v) is 2.68. The van der Waals surface area contributed by atoms with E-state index in [9.17, 15) is 5.11 Å². The van der Waals surface area contributed by atoms with Crippen molar-refractivity contribution >= 4 is 0 Å². The molecule has 4 N–H and O–H groups in total. The summed E-state index contributed by atoms with van der Waals surface area (Å²) >= 11 is 0. The highest BCUT2D eigenvalue weighted by Gasteiger charge is 2.29. The van der Waals surface area contributed by atoms with Crippen LogP contribution in [0.5, 0.6) is 0 Å². The Labute approximate surface area is 71.2 Å². The topological polar surface area (TPSA) is 90.2 Å². The van der Waals surface area contributed by atoms with E-state index in [4.69, 9.17) is 20.1 Å². The Morgan fingerprint density at radius 2 is 1.75 bits per heavy atom. The van der Waals surface area contributed by atoms with Crippen LogP contribution in [0, 0.1) is 0 Å². The molecule has 4 atom stereocenters. The van der Waals surface area contributed by atoms with E-state index in [-0.39, 0.29) is 0 Å². The lowest BCUT2D eigenvalue weighted by atomic mass is 10.0. The monoisotopic (exact) mass is 180 g/mol. The summed E-state index contributed by atoms with van der Waals surface area (Å²) in [5.74, 6) is 0. The lowest BCUT2D eigenvalue weighted by Gasteiger charge is -2.26. The third-order valence-corrected chi connectivity index (χ3v) is 1.67. The SMILES string of the molecule is COC(C(O)CO)C(O)C(C)O. The van der Waals surface area contributed by atoms with Crippen molar-refractivity contribution in [2.45, 2.75) is 31.3 Å². The number of aliphatic hydroxyl groups is 4. The van der Waals surface area contributed by atoms with Crippen molar-refractivity contribution in [3.05, 3.63) is 0 Å². The molecule has 0 aromatic carbocycles. The molecule has 4 unspecified atom stereocenters. The Bertz CT molecular complexity index is 116. The molecule has 0 aliphatic rings. The van der Waals surface area contributed by atoms with Gasteiger partial charge in [0.15, 0.2) is 0 Å². The minimum atomic E-state index is -1.20. The van der Waals surface area contributed by atoms with E-state index in [2.05, 4.69) is 0 Å². The molecule has 0 spiro atoms. The van der Waals surface area contributed by atoms with Crippen molar-refractivity contribution in [1.82, 2.24) is 0 Å². The van der Waals surface area contributed by atoms with Gasteiger partial charge in [0, 0.05) is 7.11 Å². The lowest BCUT2D eigenvalue weighted by molar-refractivity contribution is -0.126. The molecule has 12 heavy (non-hydrogen) atoms. The second-order valence-electron chi connectivity index (χ2n) is 2.68. The van der Waals surface area contributed by atoms with Gasteiger partial charge in [0.2, 0.25) is 0 Å². The fourth-order valence-electron chi connectivity index (χ4n) is 0.903. The summed E-state index contributed by atoms with van der Waals surface area (Å²) < 4.78 is 4.71. The molecule has 0 saturated carbocycles. The summed E-state index contributed by atoms with van der Waals surface area (Å²) in [5, 5.41) is 35.8. The third kappa shape index (κ3) is 3.04. The summed E-state index contributed by atoms with van der Waals surface area (Å²) in [4.78, 5) is 0. The Morgan fingerprint density at radius 3 is 2.00 bits per heavy atom. The normalized spacial score (nSPS) is 21.5. The van der Waals surface area contributed by atoms with Crippen molar-refractivity contribution in [3.8, 4) is 0 Å². The molecule has 0 rings (SSSR count). The van der Waals surface area contributed by atoms with Crippen molar-refractivity contribution < 1.29 is 25.2 Å². The fraction of sp³-hybridized carbons (Fsp3) is 1.00. The van der Waals surface area contributed by atoms with Gasteiger partial charge >= 0.3 is 0 Å². The zero-order chi connectivity index (χ0) is 9.72. The molecule has 74 valence electrons. The highest BCUT2D eigenvalue weighted by molar-refractivity contribution is 4.79. The maximum Gasteiger partial charge on any atom is 0.114 e. The van der Waals surface area contributed by atoms with E-state index in [1.165, 1.54) is 14.0 Å². The molecule has 0 saturated heterocycles. The van der Waals surface area contributed by atoms with Crippen LogP contribution >= 0.6 is 0 Å². The van der Waals surface area contributed by atoms with Gasteiger partial charge in [0.25, 0.3) is 0 Å². The minimum Gasteiger partial charge on any atom is -0.394 e. The zero-order valence-electron chi connectivity index (χ0n) is 7.21. The highest BCUT2D eigenvalue weighted by Crippen LogP contribution is 2.07. The minimum absolute atomic E-state index is 0.512. The van der Waals surface area contributed by atoms with Crippen molar-refractivity contribution in [1.29, 1.82) is 0 Å². The van der Waals surface area contributed by atoms with Gasteiger partial charge in [-0.1, -0.05) is 0 Å². The van der Waals surface area contributed by atoms with Crippen LogP contribution in [0.1, 0.15) is 6.92 Å². The Balaban J connectivity index is 4.13. The molecule has 5 nitrogen and oxygen atoms in total. The first-order valence-corrected chi connectivity index (χ1v) is 3.72. The average molecular weight is 180 g/mol. The molecule has 0 aliphatic carbocycles. The van der Waals surface area contributed by atoms with Crippen LogP contribution in [0.15, 0.2) is 0 Å². The average Bonchev–Trinajstić information content (AvgIpc) is 2.05. The van der Waals surface area contributed by atoms with E-state index < -0.39 is 31.0 Å². The van der Waals surface area contributed by atoms with Gasteiger partial charge in [0.05, 0.1) is 12.7 Å². The standard InChI is InChI=1S/C7H16O5/c1-4(9)6(11)7(12-2)5(10)3-8/h4-11H,3H2,1-2H3. The van der Waals surface area contributed by atoms with Crippen LogP contribution in [0.3, 0.4) is 0 Å². The molecule has 0 fully saturated rings. The maximum atomic E-state index is 9.24. The number of hydrogen-bond donors (Lipinski definition) is 4. The maximum absolute atomic E-state index is 9.24. The Kier molecular flexibility index (Phi) is 5.36. The Morgan fingerprint density at radius 1 is 1.25 bits per heavy atom. The summed E-state index contributed by atoms with van der Waals surface area (Å²) in [5.41, 5.74) is 0. The van der Waals surface area contributed by atoms with Crippen LogP contribution < -0.4 is 0 Å². The molecule has 0 heterocycles. The molecule has 5 heteroatoms. The van der Waals surface area contributed by atoms with Crippen molar-refractivity contribution in [2.75, 3.05) is 13.7 Å². The summed E-state index contributed by atoms with van der Waals surface area (Å²) in [6.45, 7) is 0.864. The quantitative estimate of drug-likeness (QED) is 0.396. The first-order valence-electron chi connectivity index (χ1n) is 3.72.